The van der Waals surface area contributed by atoms with Crippen molar-refractivity contribution in [3.05, 3.63) is 46.6 Å². The molecule has 2 aromatic rings. The van der Waals surface area contributed by atoms with Crippen LogP contribution in [0.5, 0.6) is 5.75 Å². The molecule has 0 saturated heterocycles. The molecule has 1 aromatic carbocycles. The third-order valence-electron chi connectivity index (χ3n) is 2.70. The van der Waals surface area contributed by atoms with Crippen molar-refractivity contribution in [1.29, 1.82) is 0 Å². The van der Waals surface area contributed by atoms with Crippen LogP contribution in [-0.4, -0.2) is 23.2 Å². The molecule has 0 radical (unpaired) electrons. The summed E-state index contributed by atoms with van der Waals surface area (Å²) in [6.07, 6.45) is 1.63. The average Bonchev–Trinajstić information content (AvgIpc) is 2.51. The Morgan fingerprint density at radius 3 is 2.18 bits per heavy atom. The predicted octanol–water partition coefficient (Wildman–Crippen LogP) is 4.79. The van der Waals surface area contributed by atoms with Gasteiger partial charge < -0.3 is 9.84 Å². The Morgan fingerprint density at radius 1 is 1.18 bits per heavy atom. The van der Waals surface area contributed by atoms with E-state index in [1.807, 2.05) is 24.3 Å². The summed E-state index contributed by atoms with van der Waals surface area (Å²) in [6, 6.07) is 9.16. The van der Waals surface area contributed by atoms with E-state index in [1.54, 1.807) is 33.2 Å². The number of methoxy groups -OCH3 is 1. The molecule has 22 heavy (non-hydrogen) atoms. The smallest absolute Gasteiger partial charge is 0.305 e. The van der Waals surface area contributed by atoms with E-state index in [1.165, 1.54) is 0 Å². The predicted molar refractivity (Wildman–Crippen MR) is 88.7 cm³/mol. The second-order valence-electron chi connectivity index (χ2n) is 4.68. The van der Waals surface area contributed by atoms with Crippen molar-refractivity contribution in [3.8, 4) is 17.0 Å². The van der Waals surface area contributed by atoms with Gasteiger partial charge in [0.15, 0.2) is 0 Å². The van der Waals surface area contributed by atoms with Crippen molar-refractivity contribution >= 4 is 29.2 Å². The van der Waals surface area contributed by atoms with E-state index in [4.69, 9.17) is 33.0 Å². The highest BCUT2D eigenvalue weighted by Gasteiger charge is 2.08. The second kappa shape index (κ2) is 8.61. The molecule has 0 bridgehead atoms. The van der Waals surface area contributed by atoms with Crippen molar-refractivity contribution in [2.24, 2.45) is 5.92 Å². The number of ether oxygens (including phenoxy) is 1. The number of aromatic nitrogens is 1. The molecule has 1 N–H and O–H groups in total. The van der Waals surface area contributed by atoms with E-state index in [0.29, 0.717) is 15.7 Å². The zero-order valence-corrected chi connectivity index (χ0v) is 14.0. The highest BCUT2D eigenvalue weighted by atomic mass is 35.5. The van der Waals surface area contributed by atoms with Crippen LogP contribution in [0.1, 0.15) is 13.8 Å². The number of aliphatic carboxylic acids is 1. The van der Waals surface area contributed by atoms with Crippen LogP contribution in [0.15, 0.2) is 36.5 Å². The topological polar surface area (TPSA) is 59.4 Å². The van der Waals surface area contributed by atoms with Crippen LogP contribution in [0.2, 0.25) is 10.0 Å². The highest BCUT2D eigenvalue weighted by molar-refractivity contribution is 6.43. The molecular formula is C16H17Cl2NO3. The Kier molecular flexibility index (Phi) is 7.15. The summed E-state index contributed by atoms with van der Waals surface area (Å²) in [7, 11) is 1.62. The Morgan fingerprint density at radius 2 is 1.73 bits per heavy atom. The van der Waals surface area contributed by atoms with Gasteiger partial charge in [0, 0.05) is 11.8 Å². The number of hydrogen-bond acceptors (Lipinski definition) is 3. The summed E-state index contributed by atoms with van der Waals surface area (Å²) in [6.45, 7) is 3.28. The maximum absolute atomic E-state index is 9.70. The molecule has 0 spiro atoms. The molecule has 0 atom stereocenters. The Labute approximate surface area is 139 Å². The summed E-state index contributed by atoms with van der Waals surface area (Å²) in [5.74, 6) is -0.179. The minimum Gasteiger partial charge on any atom is -0.497 e. The first kappa shape index (κ1) is 18.3. The lowest BCUT2D eigenvalue weighted by Crippen LogP contribution is -2.03. The van der Waals surface area contributed by atoms with Gasteiger partial charge in [-0.2, -0.15) is 0 Å². The molecule has 0 aliphatic rings. The van der Waals surface area contributed by atoms with E-state index in [9.17, 15) is 4.79 Å². The molecule has 0 fully saturated rings. The number of pyridine rings is 1. The maximum Gasteiger partial charge on any atom is 0.305 e. The van der Waals surface area contributed by atoms with Crippen molar-refractivity contribution in [2.45, 2.75) is 13.8 Å². The normalized spacial score (nSPS) is 9.91. The van der Waals surface area contributed by atoms with Gasteiger partial charge in [-0.25, -0.2) is 0 Å². The molecule has 1 aromatic heterocycles. The van der Waals surface area contributed by atoms with Crippen molar-refractivity contribution < 1.29 is 14.6 Å². The SMILES string of the molecule is CC(C)C(=O)O.COc1ccc(-c2nccc(Cl)c2Cl)cc1. The average molecular weight is 342 g/mol. The molecule has 0 aliphatic heterocycles. The molecule has 6 heteroatoms. The second-order valence-corrected chi connectivity index (χ2v) is 5.46. The van der Waals surface area contributed by atoms with Gasteiger partial charge in [0.1, 0.15) is 5.75 Å². The number of carbonyl (C=O) groups is 1. The number of carboxylic acids is 1. The molecule has 0 unspecified atom stereocenters. The van der Waals surface area contributed by atoms with Gasteiger partial charge in [0.2, 0.25) is 0 Å². The molecule has 2 rings (SSSR count). The minimum atomic E-state index is -0.741. The van der Waals surface area contributed by atoms with Crippen molar-refractivity contribution in [2.75, 3.05) is 7.11 Å². The fraction of sp³-hybridized carbons (Fsp3) is 0.250. The first-order chi connectivity index (χ1) is 10.4. The Balaban J connectivity index is 0.000000346. The number of carboxylic acid groups (broad SMARTS) is 1. The Hall–Kier alpha value is -1.78. The molecule has 0 amide bonds. The molecular weight excluding hydrogens is 325 g/mol. The first-order valence-electron chi connectivity index (χ1n) is 6.54. The quantitative estimate of drug-likeness (QED) is 0.871. The molecule has 4 nitrogen and oxygen atoms in total. The molecule has 1 heterocycles. The lowest BCUT2D eigenvalue weighted by atomic mass is 10.1. The van der Waals surface area contributed by atoms with E-state index < -0.39 is 5.97 Å². The third-order valence-corrected chi connectivity index (χ3v) is 3.49. The van der Waals surface area contributed by atoms with Gasteiger partial charge in [-0.05, 0) is 30.3 Å². The summed E-state index contributed by atoms with van der Waals surface area (Å²) in [4.78, 5) is 13.9. The number of rotatable bonds is 3. The van der Waals surface area contributed by atoms with Gasteiger partial charge in [0.25, 0.3) is 0 Å². The number of nitrogens with zero attached hydrogens (tertiary/aromatic N) is 1. The summed E-state index contributed by atoms with van der Waals surface area (Å²) in [5, 5.41) is 8.96. The van der Waals surface area contributed by atoms with Crippen molar-refractivity contribution in [3.63, 3.8) is 0 Å². The zero-order valence-electron chi connectivity index (χ0n) is 12.5. The molecule has 0 aliphatic carbocycles. The standard InChI is InChI=1S/C12H9Cl2NO.C4H8O2/c1-16-9-4-2-8(3-5-9)12-11(14)10(13)6-7-15-12;1-3(2)4(5)6/h2-7H,1H3;3H,1-2H3,(H,5,6). The van der Waals surface area contributed by atoms with Gasteiger partial charge >= 0.3 is 5.97 Å². The van der Waals surface area contributed by atoms with Gasteiger partial charge in [-0.1, -0.05) is 37.0 Å². The van der Waals surface area contributed by atoms with E-state index in [-0.39, 0.29) is 5.92 Å². The van der Waals surface area contributed by atoms with E-state index in [2.05, 4.69) is 4.98 Å². The van der Waals surface area contributed by atoms with Crippen LogP contribution in [0.3, 0.4) is 0 Å². The fourth-order valence-electron chi connectivity index (χ4n) is 1.37. The van der Waals surface area contributed by atoms with Crippen LogP contribution >= 0.6 is 23.2 Å². The third kappa shape index (κ3) is 5.20. The summed E-state index contributed by atoms with van der Waals surface area (Å²) < 4.78 is 5.08. The van der Waals surface area contributed by atoms with Crippen LogP contribution in [-0.2, 0) is 4.79 Å². The van der Waals surface area contributed by atoms with Gasteiger partial charge in [0.05, 0.1) is 28.8 Å². The monoisotopic (exact) mass is 341 g/mol. The van der Waals surface area contributed by atoms with E-state index >= 15 is 0 Å². The number of halogens is 2. The summed E-state index contributed by atoms with van der Waals surface area (Å²) in [5.41, 5.74) is 1.59. The molecule has 118 valence electrons. The van der Waals surface area contributed by atoms with E-state index in [0.717, 1.165) is 11.3 Å². The fourth-order valence-corrected chi connectivity index (χ4v) is 1.74. The van der Waals surface area contributed by atoms with Gasteiger partial charge in [-0.3, -0.25) is 9.78 Å². The van der Waals surface area contributed by atoms with Crippen LogP contribution in [0.25, 0.3) is 11.3 Å². The lowest BCUT2D eigenvalue weighted by Gasteiger charge is -2.05. The largest absolute Gasteiger partial charge is 0.497 e. The van der Waals surface area contributed by atoms with Crippen molar-refractivity contribution in [1.82, 2.24) is 4.98 Å². The Bertz CT molecular complexity index is 628. The number of hydrogen-bond donors (Lipinski definition) is 1. The number of benzene rings is 1. The minimum absolute atomic E-state index is 0.231. The summed E-state index contributed by atoms with van der Waals surface area (Å²) >= 11 is 12.0. The molecule has 0 saturated carbocycles. The van der Waals surface area contributed by atoms with Crippen LogP contribution < -0.4 is 4.74 Å². The highest BCUT2D eigenvalue weighted by Crippen LogP contribution is 2.31. The van der Waals surface area contributed by atoms with Crippen LogP contribution in [0.4, 0.5) is 0 Å². The maximum atomic E-state index is 9.70. The zero-order chi connectivity index (χ0) is 16.7. The van der Waals surface area contributed by atoms with Crippen LogP contribution in [0, 0.1) is 5.92 Å². The lowest BCUT2D eigenvalue weighted by molar-refractivity contribution is -0.140. The van der Waals surface area contributed by atoms with Gasteiger partial charge in [-0.15, -0.1) is 0 Å². The first-order valence-corrected chi connectivity index (χ1v) is 7.29.